The number of halogens is 2. The van der Waals surface area contributed by atoms with Gasteiger partial charge in [-0.25, -0.2) is 8.78 Å². The molecule has 0 saturated carbocycles. The Bertz CT molecular complexity index is 357. The van der Waals surface area contributed by atoms with Crippen LogP contribution in [0.15, 0.2) is 30.3 Å². The van der Waals surface area contributed by atoms with Crippen LogP contribution in [0.5, 0.6) is 0 Å². The third-order valence-corrected chi connectivity index (χ3v) is 2.52. The van der Waals surface area contributed by atoms with Gasteiger partial charge in [-0.15, -0.1) is 0 Å². The first-order valence-corrected chi connectivity index (χ1v) is 5.34. The van der Waals surface area contributed by atoms with Crippen molar-refractivity contribution >= 4 is 5.91 Å². The highest BCUT2D eigenvalue weighted by Gasteiger charge is 2.23. The van der Waals surface area contributed by atoms with Gasteiger partial charge >= 0.3 is 0 Å². The summed E-state index contributed by atoms with van der Waals surface area (Å²) in [5, 5.41) is 0. The van der Waals surface area contributed by atoms with Crippen molar-refractivity contribution in [2.75, 3.05) is 20.1 Å². The van der Waals surface area contributed by atoms with E-state index < -0.39 is 18.9 Å². The number of hydrogen-bond donors (Lipinski definition) is 1. The molecule has 0 aliphatic carbocycles. The van der Waals surface area contributed by atoms with Gasteiger partial charge in [0.25, 0.3) is 6.43 Å². The summed E-state index contributed by atoms with van der Waals surface area (Å²) < 4.78 is 24.4. The summed E-state index contributed by atoms with van der Waals surface area (Å²) in [4.78, 5) is 12.9. The van der Waals surface area contributed by atoms with Crippen molar-refractivity contribution in [2.45, 2.75) is 12.3 Å². The number of alkyl halides is 2. The highest BCUT2D eigenvalue weighted by atomic mass is 19.3. The fourth-order valence-electron chi connectivity index (χ4n) is 1.63. The summed E-state index contributed by atoms with van der Waals surface area (Å²) in [5.41, 5.74) is 6.29. The van der Waals surface area contributed by atoms with Crippen molar-refractivity contribution in [2.24, 2.45) is 5.73 Å². The Morgan fingerprint density at radius 3 is 2.41 bits per heavy atom. The van der Waals surface area contributed by atoms with Crippen LogP contribution in [0.2, 0.25) is 0 Å². The molecule has 0 radical (unpaired) electrons. The lowest BCUT2D eigenvalue weighted by Gasteiger charge is -2.22. The lowest BCUT2D eigenvalue weighted by atomic mass is 9.98. The summed E-state index contributed by atoms with van der Waals surface area (Å²) >= 11 is 0. The number of amides is 1. The molecule has 1 aromatic carbocycles. The summed E-state index contributed by atoms with van der Waals surface area (Å²) in [5.74, 6) is -0.932. The van der Waals surface area contributed by atoms with E-state index in [2.05, 4.69) is 0 Å². The molecule has 5 heteroatoms. The van der Waals surface area contributed by atoms with Gasteiger partial charge in [0.05, 0.1) is 12.5 Å². The van der Waals surface area contributed by atoms with Crippen molar-refractivity contribution < 1.29 is 13.6 Å². The van der Waals surface area contributed by atoms with Crippen LogP contribution in [0.25, 0.3) is 0 Å². The largest absolute Gasteiger partial charge is 0.339 e. The predicted octanol–water partition coefficient (Wildman–Crippen LogP) is 1.45. The van der Waals surface area contributed by atoms with Gasteiger partial charge in [0.15, 0.2) is 0 Å². The van der Waals surface area contributed by atoms with Crippen LogP contribution in [0.1, 0.15) is 11.5 Å². The zero-order valence-corrected chi connectivity index (χ0v) is 9.64. The molecule has 0 heterocycles. The standard InChI is InChI=1S/C12H16F2N2O/c1-16(8-11(13)14)12(17)10(7-15)9-5-3-2-4-6-9/h2-6,10-11H,7-8,15H2,1H3. The van der Waals surface area contributed by atoms with Crippen LogP contribution in [0, 0.1) is 0 Å². The second-order valence-corrected chi connectivity index (χ2v) is 3.81. The Kier molecular flexibility index (Phi) is 5.03. The first-order valence-electron chi connectivity index (χ1n) is 5.34. The minimum atomic E-state index is -2.53. The molecule has 1 atom stereocenters. The molecule has 3 nitrogen and oxygen atoms in total. The van der Waals surface area contributed by atoms with E-state index in [-0.39, 0.29) is 12.5 Å². The molecule has 1 unspecified atom stereocenters. The van der Waals surface area contributed by atoms with E-state index in [0.29, 0.717) is 0 Å². The van der Waals surface area contributed by atoms with Crippen LogP contribution >= 0.6 is 0 Å². The van der Waals surface area contributed by atoms with Gasteiger partial charge in [-0.05, 0) is 5.56 Å². The second kappa shape index (κ2) is 6.30. The average Bonchev–Trinajstić information content (AvgIpc) is 2.30. The molecule has 1 amide bonds. The molecule has 0 aromatic heterocycles. The molecule has 0 aliphatic rings. The van der Waals surface area contributed by atoms with Gasteiger partial charge in [-0.1, -0.05) is 30.3 Å². The van der Waals surface area contributed by atoms with E-state index in [4.69, 9.17) is 5.73 Å². The minimum Gasteiger partial charge on any atom is -0.339 e. The summed E-state index contributed by atoms with van der Waals surface area (Å²) in [6.07, 6.45) is -2.53. The third kappa shape index (κ3) is 3.78. The normalized spacial score (nSPS) is 12.5. The van der Waals surface area contributed by atoms with Crippen molar-refractivity contribution in [3.63, 3.8) is 0 Å². The first-order chi connectivity index (χ1) is 8.06. The van der Waals surface area contributed by atoms with E-state index in [1.165, 1.54) is 7.05 Å². The fourth-order valence-corrected chi connectivity index (χ4v) is 1.63. The van der Waals surface area contributed by atoms with E-state index in [1.54, 1.807) is 24.3 Å². The predicted molar refractivity (Wildman–Crippen MR) is 61.9 cm³/mol. The van der Waals surface area contributed by atoms with Gasteiger partial charge in [0.2, 0.25) is 5.91 Å². The summed E-state index contributed by atoms with van der Waals surface area (Å²) in [6, 6.07) is 8.94. The first kappa shape index (κ1) is 13.6. The second-order valence-electron chi connectivity index (χ2n) is 3.81. The molecule has 17 heavy (non-hydrogen) atoms. The molecule has 0 aliphatic heterocycles. The molecule has 0 saturated heterocycles. The number of likely N-dealkylation sites (N-methyl/N-ethyl adjacent to an activating group) is 1. The minimum absolute atomic E-state index is 0.108. The van der Waals surface area contributed by atoms with E-state index in [0.717, 1.165) is 10.5 Å². The van der Waals surface area contributed by atoms with Crippen molar-refractivity contribution in [1.82, 2.24) is 4.90 Å². The Morgan fingerprint density at radius 1 is 1.35 bits per heavy atom. The molecule has 0 bridgehead atoms. The Morgan fingerprint density at radius 2 is 1.94 bits per heavy atom. The van der Waals surface area contributed by atoms with Gasteiger partial charge < -0.3 is 10.6 Å². The van der Waals surface area contributed by atoms with Gasteiger partial charge in [-0.2, -0.15) is 0 Å². The summed E-state index contributed by atoms with van der Waals surface area (Å²) in [7, 11) is 1.36. The van der Waals surface area contributed by atoms with Gasteiger partial charge in [-0.3, -0.25) is 4.79 Å². The maximum Gasteiger partial charge on any atom is 0.255 e. The number of hydrogen-bond acceptors (Lipinski definition) is 2. The Balaban J connectivity index is 2.78. The molecular formula is C12H16F2N2O. The van der Waals surface area contributed by atoms with E-state index in [9.17, 15) is 13.6 Å². The van der Waals surface area contributed by atoms with Crippen molar-refractivity contribution in [1.29, 1.82) is 0 Å². The number of rotatable bonds is 5. The highest BCUT2D eigenvalue weighted by molar-refractivity contribution is 5.83. The lowest BCUT2D eigenvalue weighted by Crippen LogP contribution is -2.37. The monoisotopic (exact) mass is 242 g/mol. The van der Waals surface area contributed by atoms with Crippen LogP contribution in [0.4, 0.5) is 8.78 Å². The number of benzene rings is 1. The molecule has 2 N–H and O–H groups in total. The summed E-state index contributed by atoms with van der Waals surface area (Å²) in [6.45, 7) is -0.460. The molecule has 1 rings (SSSR count). The van der Waals surface area contributed by atoms with E-state index >= 15 is 0 Å². The van der Waals surface area contributed by atoms with Crippen LogP contribution in [-0.4, -0.2) is 37.4 Å². The van der Waals surface area contributed by atoms with E-state index in [1.807, 2.05) is 6.07 Å². The zero-order chi connectivity index (χ0) is 12.8. The maximum atomic E-state index is 12.2. The SMILES string of the molecule is CN(CC(F)F)C(=O)C(CN)c1ccccc1. The quantitative estimate of drug-likeness (QED) is 0.849. The number of carbonyl (C=O) groups excluding carboxylic acids is 1. The molecule has 94 valence electrons. The maximum absolute atomic E-state index is 12.2. The molecule has 1 aromatic rings. The van der Waals surface area contributed by atoms with Crippen LogP contribution in [0.3, 0.4) is 0 Å². The van der Waals surface area contributed by atoms with Crippen LogP contribution in [-0.2, 0) is 4.79 Å². The van der Waals surface area contributed by atoms with Crippen LogP contribution < -0.4 is 5.73 Å². The number of nitrogens with two attached hydrogens (primary N) is 1. The fraction of sp³-hybridized carbons (Fsp3) is 0.417. The zero-order valence-electron chi connectivity index (χ0n) is 9.64. The Hall–Kier alpha value is -1.49. The third-order valence-electron chi connectivity index (χ3n) is 2.52. The smallest absolute Gasteiger partial charge is 0.255 e. The molecular weight excluding hydrogens is 226 g/mol. The van der Waals surface area contributed by atoms with Crippen molar-refractivity contribution in [3.05, 3.63) is 35.9 Å². The van der Waals surface area contributed by atoms with Gasteiger partial charge in [0.1, 0.15) is 0 Å². The topological polar surface area (TPSA) is 46.3 Å². The van der Waals surface area contributed by atoms with Gasteiger partial charge in [0, 0.05) is 13.6 Å². The highest BCUT2D eigenvalue weighted by Crippen LogP contribution is 2.17. The number of carbonyl (C=O) groups is 1. The average molecular weight is 242 g/mol. The lowest BCUT2D eigenvalue weighted by molar-refractivity contribution is -0.133. The molecule has 0 spiro atoms. The Labute approximate surface area is 99.2 Å². The van der Waals surface area contributed by atoms with Crippen molar-refractivity contribution in [3.8, 4) is 0 Å². The number of nitrogens with zero attached hydrogens (tertiary/aromatic N) is 1. The molecule has 0 fully saturated rings.